The summed E-state index contributed by atoms with van der Waals surface area (Å²) >= 11 is 0. The molecule has 0 aliphatic rings. The van der Waals surface area contributed by atoms with E-state index in [1.807, 2.05) is 21.1 Å². The Morgan fingerprint density at radius 3 is 0.988 bits per heavy atom. The molecule has 2 unspecified atom stereocenters. The molecular formula is C74H114NO8+. The summed E-state index contributed by atoms with van der Waals surface area (Å²) in [6.45, 7) is 4.54. The molecule has 9 nitrogen and oxygen atoms in total. The Hall–Kier alpha value is -5.87. The van der Waals surface area contributed by atoms with Crippen LogP contribution in [-0.4, -0.2) is 87.4 Å². The number of aliphatic carboxylic acids is 1. The molecule has 0 amide bonds. The molecule has 0 saturated carbocycles. The highest BCUT2D eigenvalue weighted by Crippen LogP contribution is 2.12. The number of hydrogen-bond acceptors (Lipinski definition) is 7. The van der Waals surface area contributed by atoms with Crippen LogP contribution in [0.1, 0.15) is 194 Å². The van der Waals surface area contributed by atoms with E-state index in [0.29, 0.717) is 23.9 Å². The first kappa shape index (κ1) is 77.1. The van der Waals surface area contributed by atoms with Crippen molar-refractivity contribution in [2.75, 3.05) is 47.5 Å². The number of nitrogens with zero attached hydrogens (tertiary/aromatic N) is 1. The minimum atomic E-state index is -1.54. The number of hydrogen-bond donors (Lipinski definition) is 1. The van der Waals surface area contributed by atoms with Gasteiger partial charge in [0.2, 0.25) is 0 Å². The Bertz CT molecular complexity index is 2060. The molecule has 0 aromatic heterocycles. The van der Waals surface area contributed by atoms with Gasteiger partial charge in [0.05, 0.1) is 34.4 Å². The number of quaternary nitrogens is 1. The predicted octanol–water partition coefficient (Wildman–Crippen LogP) is 19.5. The Morgan fingerprint density at radius 2 is 0.651 bits per heavy atom. The summed E-state index contributed by atoms with van der Waals surface area (Å²) in [5.41, 5.74) is 0. The summed E-state index contributed by atoms with van der Waals surface area (Å²) in [7, 11) is 5.93. The maximum atomic E-state index is 12.9. The summed E-state index contributed by atoms with van der Waals surface area (Å²) < 4.78 is 22.8. The van der Waals surface area contributed by atoms with Gasteiger partial charge < -0.3 is 28.5 Å². The van der Waals surface area contributed by atoms with Gasteiger partial charge in [-0.3, -0.25) is 9.59 Å². The highest BCUT2D eigenvalue weighted by molar-refractivity contribution is 5.71. The molecule has 0 heterocycles. The van der Waals surface area contributed by atoms with Gasteiger partial charge in [0.25, 0.3) is 6.29 Å². The van der Waals surface area contributed by atoms with E-state index >= 15 is 0 Å². The highest BCUT2D eigenvalue weighted by Gasteiger charge is 2.25. The van der Waals surface area contributed by atoms with Crippen molar-refractivity contribution in [1.29, 1.82) is 0 Å². The minimum Gasteiger partial charge on any atom is -0.477 e. The van der Waals surface area contributed by atoms with Crippen molar-refractivity contribution in [3.63, 3.8) is 0 Å². The van der Waals surface area contributed by atoms with Crippen LogP contribution in [0, 0.1) is 0 Å². The third-order valence-corrected chi connectivity index (χ3v) is 12.3. The van der Waals surface area contributed by atoms with Crippen molar-refractivity contribution in [2.45, 2.75) is 206 Å². The average molecular weight is 1150 g/mol. The standard InChI is InChI=1S/C74H113NO8/c1-6-8-10-12-14-16-18-20-22-24-26-28-29-30-31-32-33-34-35-36-37-38-39-40-41-42-43-45-47-49-51-53-55-57-59-61-63-65-72(77)83-70(69-82-74(73(78)79)80-67-66-75(3,4)5)68-81-71(76)64-62-60-58-56-54-52-50-48-46-44-27-25-23-21-19-17-15-13-11-9-7-2/h8-11,14-17,20-23,26-28,30-31,33-34,36-37,39-40,42-44,47-50,54,56,70,74H,6-7,12-13,18-19,24-25,29,32,35,38,41,45-46,51-53,55,57-69H2,1-5H3/p+1/b10-8-,11-9-,16-14-,17-15-,22-20-,23-21-,28-26-,31-30-,34-33-,37-36-,40-39-,43-42-,44-27-,49-47-,50-48-,56-54-. The van der Waals surface area contributed by atoms with E-state index in [4.69, 9.17) is 18.9 Å². The number of ether oxygens (including phenoxy) is 4. The van der Waals surface area contributed by atoms with Crippen LogP contribution < -0.4 is 0 Å². The first-order chi connectivity index (χ1) is 40.6. The molecule has 0 aromatic rings. The summed E-state index contributed by atoms with van der Waals surface area (Å²) in [5.74, 6) is -2.11. The second-order valence-corrected chi connectivity index (χ2v) is 21.2. The zero-order valence-electron chi connectivity index (χ0n) is 52.5. The van der Waals surface area contributed by atoms with E-state index in [2.05, 4.69) is 208 Å². The van der Waals surface area contributed by atoms with E-state index in [0.717, 1.165) is 154 Å². The van der Waals surface area contributed by atoms with E-state index in [9.17, 15) is 19.5 Å². The second kappa shape index (κ2) is 62.2. The molecule has 0 bridgehead atoms. The first-order valence-electron chi connectivity index (χ1n) is 31.6. The highest BCUT2D eigenvalue weighted by atomic mass is 16.7. The number of carboxylic acid groups (broad SMARTS) is 1. The lowest BCUT2D eigenvalue weighted by molar-refractivity contribution is -0.870. The van der Waals surface area contributed by atoms with Crippen LogP contribution in [0.2, 0.25) is 0 Å². The smallest absolute Gasteiger partial charge is 0.361 e. The molecule has 2 atom stereocenters. The molecule has 0 fully saturated rings. The van der Waals surface area contributed by atoms with Crippen LogP contribution in [0.3, 0.4) is 0 Å². The van der Waals surface area contributed by atoms with Crippen LogP contribution in [-0.2, 0) is 33.3 Å². The van der Waals surface area contributed by atoms with Gasteiger partial charge in [0.1, 0.15) is 13.2 Å². The maximum absolute atomic E-state index is 12.9. The Kier molecular flexibility index (Phi) is 57.8. The van der Waals surface area contributed by atoms with E-state index in [1.165, 1.54) is 0 Å². The normalized spacial score (nSPS) is 14.1. The van der Waals surface area contributed by atoms with E-state index in [-0.39, 0.29) is 32.7 Å². The van der Waals surface area contributed by atoms with Crippen molar-refractivity contribution in [3.05, 3.63) is 194 Å². The zero-order valence-corrected chi connectivity index (χ0v) is 52.5. The van der Waals surface area contributed by atoms with Crippen molar-refractivity contribution >= 4 is 17.9 Å². The van der Waals surface area contributed by atoms with Gasteiger partial charge in [-0.25, -0.2) is 4.79 Å². The molecule has 83 heavy (non-hydrogen) atoms. The molecular weight excluding hydrogens is 1030 g/mol. The fourth-order valence-corrected chi connectivity index (χ4v) is 7.57. The average Bonchev–Trinajstić information content (AvgIpc) is 3.46. The Labute approximate surface area is 506 Å². The lowest BCUT2D eigenvalue weighted by atomic mass is 10.1. The fraction of sp³-hybridized carbons (Fsp3) is 0.527. The molecule has 0 aliphatic heterocycles. The zero-order chi connectivity index (χ0) is 60.5. The molecule has 0 spiro atoms. The van der Waals surface area contributed by atoms with Crippen LogP contribution in [0.5, 0.6) is 0 Å². The van der Waals surface area contributed by atoms with E-state index in [1.54, 1.807) is 0 Å². The van der Waals surface area contributed by atoms with Crippen LogP contribution in [0.4, 0.5) is 0 Å². The number of carbonyl (C=O) groups is 3. The van der Waals surface area contributed by atoms with Crippen molar-refractivity contribution in [2.24, 2.45) is 0 Å². The molecule has 1 N–H and O–H groups in total. The monoisotopic (exact) mass is 1140 g/mol. The van der Waals surface area contributed by atoms with Gasteiger partial charge in [-0.2, -0.15) is 0 Å². The van der Waals surface area contributed by atoms with Crippen LogP contribution in [0.25, 0.3) is 0 Å². The topological polar surface area (TPSA) is 108 Å². The summed E-state index contributed by atoms with van der Waals surface area (Å²) in [6, 6.07) is 0. The van der Waals surface area contributed by atoms with Gasteiger partial charge >= 0.3 is 17.9 Å². The van der Waals surface area contributed by atoms with Gasteiger partial charge in [-0.1, -0.05) is 234 Å². The third-order valence-electron chi connectivity index (χ3n) is 12.3. The molecule has 0 radical (unpaired) electrons. The molecule has 9 heteroatoms. The maximum Gasteiger partial charge on any atom is 0.361 e. The summed E-state index contributed by atoms with van der Waals surface area (Å²) in [6.07, 6.45) is 93.8. The molecule has 0 rings (SSSR count). The molecule has 0 aromatic carbocycles. The first-order valence-corrected chi connectivity index (χ1v) is 31.6. The lowest BCUT2D eigenvalue weighted by Crippen LogP contribution is -2.40. The third kappa shape index (κ3) is 63.6. The molecule has 462 valence electrons. The summed E-state index contributed by atoms with van der Waals surface area (Å²) in [5, 5.41) is 9.72. The number of esters is 2. The number of allylic oxidation sites excluding steroid dienone is 32. The minimum absolute atomic E-state index is 0.165. The lowest BCUT2D eigenvalue weighted by Gasteiger charge is -2.25. The van der Waals surface area contributed by atoms with Crippen molar-refractivity contribution < 1.29 is 42.9 Å². The fourth-order valence-electron chi connectivity index (χ4n) is 7.57. The van der Waals surface area contributed by atoms with Gasteiger partial charge in [0, 0.05) is 12.8 Å². The molecule has 0 aliphatic carbocycles. The van der Waals surface area contributed by atoms with Gasteiger partial charge in [0.15, 0.2) is 6.10 Å². The van der Waals surface area contributed by atoms with Crippen molar-refractivity contribution in [3.8, 4) is 0 Å². The summed E-state index contributed by atoms with van der Waals surface area (Å²) in [4.78, 5) is 37.5. The number of rotatable bonds is 55. The number of likely N-dealkylation sites (N-methyl/N-ethyl adjacent to an activating group) is 1. The van der Waals surface area contributed by atoms with Crippen molar-refractivity contribution in [1.82, 2.24) is 0 Å². The van der Waals surface area contributed by atoms with E-state index < -0.39 is 30.3 Å². The number of unbranched alkanes of at least 4 members (excludes halogenated alkanes) is 8. The largest absolute Gasteiger partial charge is 0.477 e. The van der Waals surface area contributed by atoms with Gasteiger partial charge in [-0.05, 0) is 141 Å². The van der Waals surface area contributed by atoms with Gasteiger partial charge in [-0.15, -0.1) is 0 Å². The molecule has 0 saturated heterocycles. The van der Waals surface area contributed by atoms with Crippen LogP contribution in [0.15, 0.2) is 194 Å². The quantitative estimate of drug-likeness (QED) is 0.0211. The Morgan fingerprint density at radius 1 is 0.361 bits per heavy atom. The number of carboxylic acids is 1. The number of carbonyl (C=O) groups excluding carboxylic acids is 2. The second-order valence-electron chi connectivity index (χ2n) is 21.2. The Balaban J connectivity index is 4.34. The SMILES string of the molecule is CC/C=C\C/C=C\C/C=C\C/C=C\C/C=C\C/C=C\C/C=C\C/C=C\C/C=C\C/C=C\CCCCCCCCC(=O)OC(COC(=O)CCCC/C=C\C/C=C\C/C=C\C/C=C\C/C=C\C/C=C\CC)COC(OCC[N+](C)(C)C)C(=O)O. The van der Waals surface area contributed by atoms with Crippen LogP contribution >= 0.6 is 0 Å². The predicted molar refractivity (Wildman–Crippen MR) is 354 cm³/mol.